The topological polar surface area (TPSA) is 71.5 Å². The second-order valence-corrected chi connectivity index (χ2v) is 3.14. The van der Waals surface area contributed by atoms with Crippen LogP contribution < -0.4 is 5.32 Å². The molecule has 1 heterocycles. The van der Waals surface area contributed by atoms with Gasteiger partial charge in [0.1, 0.15) is 5.82 Å². The number of pyridine rings is 1. The number of carboxylic acids is 1. The van der Waals surface area contributed by atoms with Crippen molar-refractivity contribution in [3.8, 4) is 0 Å². The molecule has 1 aromatic rings. The number of rotatable bonds is 5. The Kier molecular flexibility index (Phi) is 4.05. The van der Waals surface area contributed by atoms with E-state index in [-0.39, 0.29) is 11.8 Å². The van der Waals surface area contributed by atoms with Gasteiger partial charge in [0.2, 0.25) is 0 Å². The Balaban J connectivity index is 2.62. The molecule has 5 nitrogen and oxygen atoms in total. The number of carboxylic acid groups (broad SMARTS) is 1. The van der Waals surface area contributed by atoms with Crippen LogP contribution in [0.4, 0.5) is 5.82 Å². The van der Waals surface area contributed by atoms with Crippen LogP contribution in [-0.2, 0) is 4.74 Å². The Morgan fingerprint density at radius 2 is 2.40 bits per heavy atom. The van der Waals surface area contributed by atoms with Gasteiger partial charge in [-0.2, -0.15) is 0 Å². The summed E-state index contributed by atoms with van der Waals surface area (Å²) in [5.41, 5.74) is 0.0325. The molecule has 0 aromatic carbocycles. The molecule has 1 atom stereocenters. The number of nitrogens with zero attached hydrogens (tertiary/aromatic N) is 1. The monoisotopic (exact) mass is 210 g/mol. The smallest absolute Gasteiger partial charge is 0.354 e. The Morgan fingerprint density at radius 3 is 3.00 bits per heavy atom. The van der Waals surface area contributed by atoms with E-state index in [0.717, 1.165) is 0 Å². The fourth-order valence-electron chi connectivity index (χ4n) is 0.984. The molecule has 15 heavy (non-hydrogen) atoms. The molecule has 0 aliphatic rings. The van der Waals surface area contributed by atoms with Crippen molar-refractivity contribution in [2.75, 3.05) is 19.0 Å². The highest BCUT2D eigenvalue weighted by Crippen LogP contribution is 2.05. The fraction of sp³-hybridized carbons (Fsp3) is 0.400. The second kappa shape index (κ2) is 5.31. The van der Waals surface area contributed by atoms with Crippen LogP contribution in [0.15, 0.2) is 18.2 Å². The number of ether oxygens (including phenoxy) is 1. The average molecular weight is 210 g/mol. The van der Waals surface area contributed by atoms with E-state index in [4.69, 9.17) is 9.84 Å². The molecular formula is C10H14N2O3. The zero-order valence-electron chi connectivity index (χ0n) is 8.73. The molecule has 0 saturated heterocycles. The van der Waals surface area contributed by atoms with Crippen molar-refractivity contribution in [2.45, 2.75) is 13.0 Å². The van der Waals surface area contributed by atoms with Gasteiger partial charge in [-0.25, -0.2) is 9.78 Å². The molecule has 5 heteroatoms. The Hall–Kier alpha value is -1.62. The van der Waals surface area contributed by atoms with E-state index in [1.54, 1.807) is 19.2 Å². The van der Waals surface area contributed by atoms with E-state index < -0.39 is 5.97 Å². The van der Waals surface area contributed by atoms with Gasteiger partial charge in [0.15, 0.2) is 5.69 Å². The standard InChI is InChI=1S/C10H14N2O3/c1-7(15-2)6-11-9-5-3-4-8(12-9)10(13)14/h3-5,7H,6H2,1-2H3,(H,11,12)(H,13,14). The first kappa shape index (κ1) is 11.5. The van der Waals surface area contributed by atoms with Gasteiger partial charge in [0.05, 0.1) is 6.10 Å². The maximum atomic E-state index is 10.6. The first-order chi connectivity index (χ1) is 7.13. The highest BCUT2D eigenvalue weighted by molar-refractivity contribution is 5.85. The van der Waals surface area contributed by atoms with Crippen molar-refractivity contribution in [2.24, 2.45) is 0 Å². The lowest BCUT2D eigenvalue weighted by molar-refractivity contribution is 0.0690. The molecular weight excluding hydrogens is 196 g/mol. The van der Waals surface area contributed by atoms with Gasteiger partial charge >= 0.3 is 5.97 Å². The number of carbonyl (C=O) groups is 1. The Labute approximate surface area is 88.1 Å². The second-order valence-electron chi connectivity index (χ2n) is 3.14. The van der Waals surface area contributed by atoms with Gasteiger partial charge in [-0.3, -0.25) is 0 Å². The van der Waals surface area contributed by atoms with E-state index >= 15 is 0 Å². The number of aromatic nitrogens is 1. The van der Waals surface area contributed by atoms with Crippen LogP contribution in [-0.4, -0.2) is 35.8 Å². The Bertz CT molecular complexity index is 341. The van der Waals surface area contributed by atoms with Crippen molar-refractivity contribution < 1.29 is 14.6 Å². The lowest BCUT2D eigenvalue weighted by atomic mass is 10.3. The van der Waals surface area contributed by atoms with Crippen molar-refractivity contribution in [3.05, 3.63) is 23.9 Å². The number of hydrogen-bond acceptors (Lipinski definition) is 4. The maximum Gasteiger partial charge on any atom is 0.354 e. The summed E-state index contributed by atoms with van der Waals surface area (Å²) in [7, 11) is 1.62. The molecule has 1 rings (SSSR count). The minimum Gasteiger partial charge on any atom is -0.477 e. The quantitative estimate of drug-likeness (QED) is 0.764. The third-order valence-electron chi connectivity index (χ3n) is 1.94. The minimum absolute atomic E-state index is 0.0325. The van der Waals surface area contributed by atoms with E-state index in [9.17, 15) is 4.79 Å². The molecule has 0 bridgehead atoms. The zero-order chi connectivity index (χ0) is 11.3. The summed E-state index contributed by atoms with van der Waals surface area (Å²) < 4.78 is 5.04. The predicted octanol–water partition coefficient (Wildman–Crippen LogP) is 1.23. The van der Waals surface area contributed by atoms with Crippen molar-refractivity contribution in [1.82, 2.24) is 4.98 Å². The maximum absolute atomic E-state index is 10.6. The van der Waals surface area contributed by atoms with E-state index in [2.05, 4.69) is 10.3 Å². The van der Waals surface area contributed by atoms with Crippen LogP contribution in [0, 0.1) is 0 Å². The summed E-state index contributed by atoms with van der Waals surface area (Å²) in [6, 6.07) is 4.82. The molecule has 1 aromatic heterocycles. The van der Waals surface area contributed by atoms with E-state index in [1.165, 1.54) is 6.07 Å². The lowest BCUT2D eigenvalue weighted by Gasteiger charge is -2.11. The van der Waals surface area contributed by atoms with Gasteiger partial charge in [0.25, 0.3) is 0 Å². The number of hydrogen-bond donors (Lipinski definition) is 2. The van der Waals surface area contributed by atoms with Crippen LogP contribution in [0.3, 0.4) is 0 Å². The summed E-state index contributed by atoms with van der Waals surface area (Å²) in [4.78, 5) is 14.5. The first-order valence-electron chi connectivity index (χ1n) is 4.60. The lowest BCUT2D eigenvalue weighted by Crippen LogP contribution is -2.19. The molecule has 0 fully saturated rings. The van der Waals surface area contributed by atoms with Crippen molar-refractivity contribution in [3.63, 3.8) is 0 Å². The Morgan fingerprint density at radius 1 is 1.67 bits per heavy atom. The number of anilines is 1. The minimum atomic E-state index is -1.03. The van der Waals surface area contributed by atoms with Crippen LogP contribution >= 0.6 is 0 Å². The van der Waals surface area contributed by atoms with Crippen LogP contribution in [0.5, 0.6) is 0 Å². The largest absolute Gasteiger partial charge is 0.477 e. The van der Waals surface area contributed by atoms with E-state index in [0.29, 0.717) is 12.4 Å². The zero-order valence-corrected chi connectivity index (χ0v) is 8.73. The molecule has 0 aliphatic heterocycles. The molecule has 0 radical (unpaired) electrons. The van der Waals surface area contributed by atoms with Crippen molar-refractivity contribution >= 4 is 11.8 Å². The summed E-state index contributed by atoms with van der Waals surface area (Å²) in [6.07, 6.45) is 0.0558. The van der Waals surface area contributed by atoms with E-state index in [1.807, 2.05) is 6.92 Å². The molecule has 0 aliphatic carbocycles. The fourth-order valence-corrected chi connectivity index (χ4v) is 0.984. The summed E-state index contributed by atoms with van der Waals surface area (Å²) >= 11 is 0. The molecule has 82 valence electrons. The predicted molar refractivity (Wildman–Crippen MR) is 56.2 cm³/mol. The summed E-state index contributed by atoms with van der Waals surface area (Å²) in [5, 5.41) is 11.7. The molecule has 1 unspecified atom stereocenters. The molecule has 0 amide bonds. The molecule has 2 N–H and O–H groups in total. The average Bonchev–Trinajstić information content (AvgIpc) is 2.26. The van der Waals surface area contributed by atoms with Gasteiger partial charge in [-0.15, -0.1) is 0 Å². The molecule has 0 saturated carbocycles. The number of aromatic carboxylic acids is 1. The van der Waals surface area contributed by atoms with Gasteiger partial charge < -0.3 is 15.2 Å². The van der Waals surface area contributed by atoms with Gasteiger partial charge in [-0.1, -0.05) is 6.07 Å². The SMILES string of the molecule is COC(C)CNc1cccc(C(=O)O)n1. The molecule has 0 spiro atoms. The summed E-state index contributed by atoms with van der Waals surface area (Å²) in [5.74, 6) is -0.489. The number of nitrogens with one attached hydrogen (secondary N) is 1. The van der Waals surface area contributed by atoms with Crippen LogP contribution in [0.2, 0.25) is 0 Å². The van der Waals surface area contributed by atoms with Gasteiger partial charge in [-0.05, 0) is 19.1 Å². The third kappa shape index (κ3) is 3.55. The number of methoxy groups -OCH3 is 1. The third-order valence-corrected chi connectivity index (χ3v) is 1.94. The normalized spacial score (nSPS) is 12.1. The van der Waals surface area contributed by atoms with Gasteiger partial charge in [0, 0.05) is 13.7 Å². The summed E-state index contributed by atoms with van der Waals surface area (Å²) in [6.45, 7) is 2.50. The van der Waals surface area contributed by atoms with Crippen LogP contribution in [0.25, 0.3) is 0 Å². The highest BCUT2D eigenvalue weighted by atomic mass is 16.5. The van der Waals surface area contributed by atoms with Crippen LogP contribution in [0.1, 0.15) is 17.4 Å². The first-order valence-corrected chi connectivity index (χ1v) is 4.60. The van der Waals surface area contributed by atoms with Crippen molar-refractivity contribution in [1.29, 1.82) is 0 Å². The highest BCUT2D eigenvalue weighted by Gasteiger charge is 2.05.